The number of ketones is 1. The predicted molar refractivity (Wildman–Crippen MR) is 88.6 cm³/mol. The van der Waals surface area contributed by atoms with Gasteiger partial charge in [-0.1, -0.05) is 34.1 Å². The fourth-order valence-electron chi connectivity index (χ4n) is 1.74. The molecule has 22 heavy (non-hydrogen) atoms. The molecule has 1 amide bonds. The minimum Gasteiger partial charge on any atom is -0.484 e. The maximum absolute atomic E-state index is 12.1. The average Bonchev–Trinajstić information content (AvgIpc) is 2.52. The first kappa shape index (κ1) is 16.0. The zero-order valence-corrected chi connectivity index (χ0v) is 13.2. The van der Waals surface area contributed by atoms with Crippen LogP contribution in [0.25, 0.3) is 6.08 Å². The van der Waals surface area contributed by atoms with Crippen molar-refractivity contribution in [1.29, 1.82) is 0 Å². The van der Waals surface area contributed by atoms with Crippen molar-refractivity contribution in [3.05, 3.63) is 70.2 Å². The molecule has 2 aromatic carbocycles. The van der Waals surface area contributed by atoms with E-state index in [1.807, 2.05) is 24.3 Å². The maximum atomic E-state index is 12.1. The maximum Gasteiger partial charge on any atom is 0.255 e. The Morgan fingerprint density at radius 3 is 2.41 bits per heavy atom. The Labute approximate surface area is 136 Å². The van der Waals surface area contributed by atoms with Gasteiger partial charge in [0.2, 0.25) is 0 Å². The lowest BCUT2D eigenvalue weighted by atomic mass is 10.1. The third-order valence-electron chi connectivity index (χ3n) is 2.84. The molecule has 0 saturated heterocycles. The molecule has 112 valence electrons. The van der Waals surface area contributed by atoms with Crippen molar-refractivity contribution in [2.24, 2.45) is 5.73 Å². The Balaban J connectivity index is 2.04. The number of rotatable bonds is 6. The lowest BCUT2D eigenvalue weighted by Crippen LogP contribution is -2.19. The van der Waals surface area contributed by atoms with Gasteiger partial charge in [0.05, 0.1) is 0 Å². The number of primary amides is 1. The molecule has 2 N–H and O–H groups in total. The van der Waals surface area contributed by atoms with E-state index >= 15 is 0 Å². The molecule has 2 rings (SSSR count). The van der Waals surface area contributed by atoms with Crippen molar-refractivity contribution in [3.8, 4) is 5.75 Å². The van der Waals surface area contributed by atoms with E-state index in [2.05, 4.69) is 15.9 Å². The lowest BCUT2D eigenvalue weighted by Gasteiger charge is -2.04. The molecule has 0 spiro atoms. The molecule has 0 bridgehead atoms. The van der Waals surface area contributed by atoms with E-state index in [9.17, 15) is 9.59 Å². The smallest absolute Gasteiger partial charge is 0.255 e. The lowest BCUT2D eigenvalue weighted by molar-refractivity contribution is -0.119. The summed E-state index contributed by atoms with van der Waals surface area (Å²) in [6.07, 6.45) is 3.27. The number of carbonyl (C=O) groups excluding carboxylic acids is 2. The first-order valence-corrected chi connectivity index (χ1v) is 7.33. The fourth-order valence-corrected chi connectivity index (χ4v) is 2.16. The fraction of sp³-hybridized carbons (Fsp3) is 0.0588. The van der Waals surface area contributed by atoms with Gasteiger partial charge < -0.3 is 10.5 Å². The number of ether oxygens (including phenoxy) is 1. The molecule has 4 nitrogen and oxygen atoms in total. The topological polar surface area (TPSA) is 69.4 Å². The molecule has 0 radical (unpaired) electrons. The molecule has 2 aromatic rings. The highest BCUT2D eigenvalue weighted by atomic mass is 79.9. The number of allylic oxidation sites excluding steroid dienone is 1. The van der Waals surface area contributed by atoms with Crippen molar-refractivity contribution in [3.63, 3.8) is 0 Å². The van der Waals surface area contributed by atoms with E-state index in [0.717, 1.165) is 10.0 Å². The number of nitrogens with two attached hydrogens (primary N) is 1. The highest BCUT2D eigenvalue weighted by molar-refractivity contribution is 9.10. The third-order valence-corrected chi connectivity index (χ3v) is 3.56. The van der Waals surface area contributed by atoms with Crippen LogP contribution in [0.3, 0.4) is 0 Å². The minimum absolute atomic E-state index is 0.114. The molecule has 0 aliphatic rings. The highest BCUT2D eigenvalue weighted by Gasteiger charge is 2.03. The normalized spacial score (nSPS) is 10.6. The predicted octanol–water partition coefficient (Wildman–Crippen LogP) is 3.21. The van der Waals surface area contributed by atoms with Gasteiger partial charge in [-0.15, -0.1) is 0 Å². The van der Waals surface area contributed by atoms with Gasteiger partial charge in [0.1, 0.15) is 5.75 Å². The van der Waals surface area contributed by atoms with E-state index in [1.54, 1.807) is 30.3 Å². The second-order valence-corrected chi connectivity index (χ2v) is 5.35. The van der Waals surface area contributed by atoms with Crippen LogP contribution >= 0.6 is 15.9 Å². The summed E-state index contributed by atoms with van der Waals surface area (Å²) in [4.78, 5) is 22.7. The van der Waals surface area contributed by atoms with E-state index in [4.69, 9.17) is 10.5 Å². The SMILES string of the molecule is NC(=O)COc1ccc(C(=O)/C=C/c2ccccc2Br)cc1. The van der Waals surface area contributed by atoms with Crippen LogP contribution in [-0.2, 0) is 4.79 Å². The van der Waals surface area contributed by atoms with E-state index in [-0.39, 0.29) is 12.4 Å². The van der Waals surface area contributed by atoms with Gasteiger partial charge in [-0.25, -0.2) is 0 Å². The first-order chi connectivity index (χ1) is 10.6. The highest BCUT2D eigenvalue weighted by Crippen LogP contribution is 2.18. The molecule has 0 atom stereocenters. The monoisotopic (exact) mass is 359 g/mol. The molecule has 0 saturated carbocycles. The Hall–Kier alpha value is -2.40. The molecular formula is C17H14BrNO3. The molecule has 0 aliphatic heterocycles. The van der Waals surface area contributed by atoms with Crippen LogP contribution in [0.5, 0.6) is 5.75 Å². The van der Waals surface area contributed by atoms with Gasteiger partial charge >= 0.3 is 0 Å². The molecule has 0 aromatic heterocycles. The number of amides is 1. The van der Waals surface area contributed by atoms with Crippen LogP contribution in [0, 0.1) is 0 Å². The summed E-state index contributed by atoms with van der Waals surface area (Å²) in [6, 6.07) is 14.2. The minimum atomic E-state index is -0.545. The van der Waals surface area contributed by atoms with Crippen molar-refractivity contribution in [1.82, 2.24) is 0 Å². The van der Waals surface area contributed by atoms with Crippen molar-refractivity contribution in [2.75, 3.05) is 6.61 Å². The molecule has 5 heteroatoms. The Kier molecular flexibility index (Phi) is 5.49. The quantitative estimate of drug-likeness (QED) is 0.635. The summed E-state index contributed by atoms with van der Waals surface area (Å²) in [5.41, 5.74) is 6.46. The summed E-state index contributed by atoms with van der Waals surface area (Å²) >= 11 is 3.42. The summed E-state index contributed by atoms with van der Waals surface area (Å²) in [6.45, 7) is -0.185. The Morgan fingerprint density at radius 2 is 1.77 bits per heavy atom. The molecule has 0 fully saturated rings. The van der Waals surface area contributed by atoms with Crippen LogP contribution < -0.4 is 10.5 Å². The van der Waals surface area contributed by atoms with Gasteiger partial charge in [0.15, 0.2) is 12.4 Å². The Morgan fingerprint density at radius 1 is 1.09 bits per heavy atom. The van der Waals surface area contributed by atoms with Crippen molar-refractivity contribution < 1.29 is 14.3 Å². The van der Waals surface area contributed by atoms with Crippen LogP contribution in [0.2, 0.25) is 0 Å². The number of carbonyl (C=O) groups is 2. The summed E-state index contributed by atoms with van der Waals surface area (Å²) < 4.78 is 6.06. The second kappa shape index (κ2) is 7.56. The number of benzene rings is 2. The molecule has 0 heterocycles. The zero-order valence-electron chi connectivity index (χ0n) is 11.7. The van der Waals surface area contributed by atoms with Gasteiger partial charge in [-0.2, -0.15) is 0 Å². The first-order valence-electron chi connectivity index (χ1n) is 6.54. The van der Waals surface area contributed by atoms with Crippen LogP contribution in [-0.4, -0.2) is 18.3 Å². The average molecular weight is 360 g/mol. The number of hydrogen-bond donors (Lipinski definition) is 1. The second-order valence-electron chi connectivity index (χ2n) is 4.50. The zero-order chi connectivity index (χ0) is 15.9. The standard InChI is InChI=1S/C17H14BrNO3/c18-15-4-2-1-3-12(15)7-10-16(20)13-5-8-14(9-6-13)22-11-17(19)21/h1-10H,11H2,(H2,19,21)/b10-7+. The van der Waals surface area contributed by atoms with Gasteiger partial charge in [0, 0.05) is 10.0 Å². The molecule has 0 unspecified atom stereocenters. The number of halogens is 1. The van der Waals surface area contributed by atoms with Gasteiger partial charge in [0.25, 0.3) is 5.91 Å². The number of hydrogen-bond acceptors (Lipinski definition) is 3. The van der Waals surface area contributed by atoms with E-state index in [0.29, 0.717) is 11.3 Å². The summed E-state index contributed by atoms with van der Waals surface area (Å²) in [5, 5.41) is 0. The third kappa shape index (κ3) is 4.56. The van der Waals surface area contributed by atoms with Crippen LogP contribution in [0.1, 0.15) is 15.9 Å². The summed E-state index contributed by atoms with van der Waals surface area (Å²) in [7, 11) is 0. The van der Waals surface area contributed by atoms with Crippen molar-refractivity contribution in [2.45, 2.75) is 0 Å². The van der Waals surface area contributed by atoms with Gasteiger partial charge in [-0.3, -0.25) is 9.59 Å². The van der Waals surface area contributed by atoms with E-state index < -0.39 is 5.91 Å². The van der Waals surface area contributed by atoms with Gasteiger partial charge in [-0.05, 0) is 48.0 Å². The van der Waals surface area contributed by atoms with Crippen LogP contribution in [0.15, 0.2) is 59.1 Å². The Bertz CT molecular complexity index is 708. The summed E-state index contributed by atoms with van der Waals surface area (Å²) in [5.74, 6) is -0.168. The molecule has 0 aliphatic carbocycles. The van der Waals surface area contributed by atoms with Crippen molar-refractivity contribution >= 4 is 33.7 Å². The largest absolute Gasteiger partial charge is 0.484 e. The van der Waals surface area contributed by atoms with E-state index in [1.165, 1.54) is 6.08 Å². The van der Waals surface area contributed by atoms with Crippen LogP contribution in [0.4, 0.5) is 0 Å². The molecular weight excluding hydrogens is 346 g/mol.